The molecule has 2 heterocycles. The Hall–Kier alpha value is -2.03. The zero-order valence-electron chi connectivity index (χ0n) is 12.0. The second kappa shape index (κ2) is 5.31. The lowest BCUT2D eigenvalue weighted by Crippen LogP contribution is -2.22. The molecule has 2 N–H and O–H groups in total. The van der Waals surface area contributed by atoms with Crippen molar-refractivity contribution in [2.24, 2.45) is 0 Å². The fourth-order valence-corrected chi connectivity index (χ4v) is 3.72. The summed E-state index contributed by atoms with van der Waals surface area (Å²) in [7, 11) is -0.516. The molecule has 0 saturated heterocycles. The maximum Gasteiger partial charge on any atom is 0.244 e. The van der Waals surface area contributed by atoms with Crippen LogP contribution in [0.3, 0.4) is 0 Å². The molecule has 0 radical (unpaired) electrons. The van der Waals surface area contributed by atoms with Gasteiger partial charge in [-0.05, 0) is 23.8 Å². The van der Waals surface area contributed by atoms with E-state index in [9.17, 15) is 8.42 Å². The zero-order valence-corrected chi connectivity index (χ0v) is 13.6. The molecule has 8 heteroatoms. The summed E-state index contributed by atoms with van der Waals surface area (Å²) in [4.78, 5) is 8.42. The van der Waals surface area contributed by atoms with Gasteiger partial charge in [0.15, 0.2) is 5.13 Å². The minimum absolute atomic E-state index is 0.166. The number of nitrogen functional groups attached to an aromatic ring is 1. The Balaban J connectivity index is 2.11. The first-order valence-corrected chi connectivity index (χ1v) is 8.67. The van der Waals surface area contributed by atoms with Gasteiger partial charge < -0.3 is 5.73 Å². The van der Waals surface area contributed by atoms with Crippen molar-refractivity contribution in [1.29, 1.82) is 0 Å². The Labute approximate surface area is 132 Å². The van der Waals surface area contributed by atoms with Crippen LogP contribution in [0, 0.1) is 0 Å². The van der Waals surface area contributed by atoms with Crippen LogP contribution in [0.25, 0.3) is 21.3 Å². The number of rotatable bonds is 3. The molecule has 6 nitrogen and oxygen atoms in total. The number of fused-ring (bicyclic) bond motifs is 1. The third kappa shape index (κ3) is 2.56. The van der Waals surface area contributed by atoms with Crippen LogP contribution in [0.4, 0.5) is 5.13 Å². The van der Waals surface area contributed by atoms with E-state index in [0.29, 0.717) is 5.13 Å². The predicted molar refractivity (Wildman–Crippen MR) is 88.1 cm³/mol. The van der Waals surface area contributed by atoms with Gasteiger partial charge in [0.25, 0.3) is 0 Å². The van der Waals surface area contributed by atoms with Crippen LogP contribution in [-0.4, -0.2) is 36.8 Å². The van der Waals surface area contributed by atoms with E-state index in [2.05, 4.69) is 9.97 Å². The summed E-state index contributed by atoms with van der Waals surface area (Å²) in [5.74, 6) is 0. The fraction of sp³-hybridized carbons (Fsp3) is 0.143. The molecule has 2 aromatic heterocycles. The third-order valence-corrected chi connectivity index (χ3v) is 5.86. The zero-order chi connectivity index (χ0) is 15.9. The van der Waals surface area contributed by atoms with Gasteiger partial charge in [-0.15, -0.1) is 0 Å². The summed E-state index contributed by atoms with van der Waals surface area (Å²) < 4.78 is 26.5. The lowest BCUT2D eigenvalue weighted by Gasteiger charge is -2.11. The molecule has 0 saturated carbocycles. The van der Waals surface area contributed by atoms with E-state index in [-0.39, 0.29) is 4.90 Å². The normalized spacial score (nSPS) is 12.1. The van der Waals surface area contributed by atoms with Crippen molar-refractivity contribution >= 4 is 36.7 Å². The fourth-order valence-electron chi connectivity index (χ4n) is 2.05. The Bertz CT molecular complexity index is 948. The second-order valence-electron chi connectivity index (χ2n) is 4.93. The van der Waals surface area contributed by atoms with Gasteiger partial charge in [0.05, 0.1) is 10.2 Å². The van der Waals surface area contributed by atoms with E-state index >= 15 is 0 Å². The molecule has 114 valence electrons. The molecule has 0 spiro atoms. The summed E-state index contributed by atoms with van der Waals surface area (Å²) in [6.07, 6.45) is 2.99. The number of thiazole rings is 1. The van der Waals surface area contributed by atoms with Gasteiger partial charge in [-0.2, -0.15) is 0 Å². The SMILES string of the molecule is CN(C)S(=O)(=O)c1cncc(-c2ccc3nc(N)sc3c2)c1. The van der Waals surface area contributed by atoms with Crippen molar-refractivity contribution in [1.82, 2.24) is 14.3 Å². The molecule has 0 aliphatic rings. The van der Waals surface area contributed by atoms with E-state index in [0.717, 1.165) is 21.3 Å². The van der Waals surface area contributed by atoms with E-state index in [1.165, 1.54) is 35.9 Å². The number of hydrogen-bond donors (Lipinski definition) is 1. The number of nitrogens with two attached hydrogens (primary N) is 1. The molecule has 1 aromatic carbocycles. The lowest BCUT2D eigenvalue weighted by molar-refractivity contribution is 0.520. The Kier molecular flexibility index (Phi) is 3.59. The highest BCUT2D eigenvalue weighted by atomic mass is 32.2. The maximum absolute atomic E-state index is 12.2. The summed E-state index contributed by atoms with van der Waals surface area (Å²) in [6, 6.07) is 7.30. The van der Waals surface area contributed by atoms with E-state index in [1.807, 2.05) is 18.2 Å². The molecular weight excluding hydrogens is 320 g/mol. The summed E-state index contributed by atoms with van der Waals surface area (Å²) in [5.41, 5.74) is 8.14. The number of nitrogens with zero attached hydrogens (tertiary/aromatic N) is 3. The highest BCUT2D eigenvalue weighted by molar-refractivity contribution is 7.89. The molecule has 3 aromatic rings. The lowest BCUT2D eigenvalue weighted by atomic mass is 10.1. The smallest absolute Gasteiger partial charge is 0.244 e. The first kappa shape index (κ1) is 14.9. The van der Waals surface area contributed by atoms with Crippen LogP contribution < -0.4 is 5.73 Å². The Morgan fingerprint density at radius 3 is 2.64 bits per heavy atom. The van der Waals surface area contributed by atoms with Crippen LogP contribution >= 0.6 is 11.3 Å². The first-order valence-electron chi connectivity index (χ1n) is 6.42. The Morgan fingerprint density at radius 1 is 1.14 bits per heavy atom. The topological polar surface area (TPSA) is 89.2 Å². The number of anilines is 1. The summed E-state index contributed by atoms with van der Waals surface area (Å²) in [5, 5.41) is 0.509. The molecule has 22 heavy (non-hydrogen) atoms. The van der Waals surface area contributed by atoms with Gasteiger partial charge in [-0.25, -0.2) is 17.7 Å². The van der Waals surface area contributed by atoms with Crippen molar-refractivity contribution < 1.29 is 8.42 Å². The van der Waals surface area contributed by atoms with Gasteiger partial charge in [0.2, 0.25) is 10.0 Å². The van der Waals surface area contributed by atoms with Gasteiger partial charge in [-0.1, -0.05) is 17.4 Å². The maximum atomic E-state index is 12.2. The van der Waals surface area contributed by atoms with Gasteiger partial charge in [0.1, 0.15) is 4.90 Å². The third-order valence-electron chi connectivity index (χ3n) is 3.23. The molecule has 0 aliphatic carbocycles. The molecule has 0 fully saturated rings. The molecule has 0 atom stereocenters. The van der Waals surface area contributed by atoms with Crippen LogP contribution in [0.2, 0.25) is 0 Å². The average molecular weight is 334 g/mol. The number of benzene rings is 1. The molecule has 0 amide bonds. The first-order chi connectivity index (χ1) is 10.4. The molecule has 0 bridgehead atoms. The van der Waals surface area contributed by atoms with Gasteiger partial charge in [0, 0.05) is 32.1 Å². The van der Waals surface area contributed by atoms with Gasteiger partial charge in [-0.3, -0.25) is 4.98 Å². The average Bonchev–Trinajstić information content (AvgIpc) is 2.86. The predicted octanol–water partition coefficient (Wildman–Crippen LogP) is 2.19. The van der Waals surface area contributed by atoms with E-state index in [4.69, 9.17) is 5.73 Å². The molecule has 0 unspecified atom stereocenters. The second-order valence-corrected chi connectivity index (χ2v) is 8.15. The van der Waals surface area contributed by atoms with E-state index in [1.54, 1.807) is 12.3 Å². The number of hydrogen-bond acceptors (Lipinski definition) is 6. The summed E-state index contributed by atoms with van der Waals surface area (Å²) in [6.45, 7) is 0. The largest absolute Gasteiger partial charge is 0.375 e. The van der Waals surface area contributed by atoms with Crippen LogP contribution in [0.1, 0.15) is 0 Å². The highest BCUT2D eigenvalue weighted by Crippen LogP contribution is 2.29. The molecule has 0 aliphatic heterocycles. The number of pyridine rings is 1. The van der Waals surface area contributed by atoms with Crippen molar-refractivity contribution in [2.45, 2.75) is 4.90 Å². The number of sulfonamides is 1. The van der Waals surface area contributed by atoms with Crippen LogP contribution in [0.5, 0.6) is 0 Å². The Morgan fingerprint density at radius 2 is 1.91 bits per heavy atom. The minimum atomic E-state index is -3.50. The highest BCUT2D eigenvalue weighted by Gasteiger charge is 2.18. The van der Waals surface area contributed by atoms with Crippen LogP contribution in [0.15, 0.2) is 41.6 Å². The van der Waals surface area contributed by atoms with Crippen LogP contribution in [-0.2, 0) is 10.0 Å². The van der Waals surface area contributed by atoms with Crippen molar-refractivity contribution in [3.05, 3.63) is 36.7 Å². The molecule has 3 rings (SSSR count). The standard InChI is InChI=1S/C14H14N4O2S2/c1-18(2)22(19,20)11-5-10(7-16-8-11)9-3-4-12-13(6-9)21-14(15)17-12/h3-8H,1-2H3,(H2,15,17). The molecular formula is C14H14N4O2S2. The quantitative estimate of drug-likeness (QED) is 0.793. The van der Waals surface area contributed by atoms with Crippen molar-refractivity contribution in [3.8, 4) is 11.1 Å². The van der Waals surface area contributed by atoms with Crippen molar-refractivity contribution in [3.63, 3.8) is 0 Å². The van der Waals surface area contributed by atoms with Gasteiger partial charge >= 0.3 is 0 Å². The van der Waals surface area contributed by atoms with E-state index < -0.39 is 10.0 Å². The monoisotopic (exact) mass is 334 g/mol. The minimum Gasteiger partial charge on any atom is -0.375 e. The summed E-state index contributed by atoms with van der Waals surface area (Å²) >= 11 is 1.40. The van der Waals surface area contributed by atoms with Crippen molar-refractivity contribution in [2.75, 3.05) is 19.8 Å². The number of aromatic nitrogens is 2.